The number of nitrogens with two attached hydrogens (primary N) is 1. The van der Waals surface area contributed by atoms with Crippen molar-refractivity contribution in [3.8, 4) is 0 Å². The largest absolute Gasteiger partial charge is 0.382 e. The van der Waals surface area contributed by atoms with Gasteiger partial charge in [-0.15, -0.1) is 0 Å². The van der Waals surface area contributed by atoms with Crippen molar-refractivity contribution in [2.24, 2.45) is 0 Å². The van der Waals surface area contributed by atoms with E-state index in [1.165, 1.54) is 0 Å². The van der Waals surface area contributed by atoms with Crippen LogP contribution in [-0.2, 0) is 4.79 Å². The smallest absolute Gasteiger partial charge is 0.221 e. The number of hydrogen-bond donors (Lipinski definition) is 4. The average molecular weight is 197 g/mol. The molecule has 0 spiro atoms. The molecule has 0 radical (unpaired) electrons. The van der Waals surface area contributed by atoms with E-state index in [1.54, 1.807) is 7.05 Å². The first-order valence-corrected chi connectivity index (χ1v) is 4.40. The summed E-state index contributed by atoms with van der Waals surface area (Å²) in [6, 6.07) is 0. The predicted molar refractivity (Wildman–Crippen MR) is 54.9 cm³/mol. The Bertz CT molecular complexity index is 320. The van der Waals surface area contributed by atoms with Crippen molar-refractivity contribution in [3.05, 3.63) is 5.82 Å². The zero-order chi connectivity index (χ0) is 10.6. The number of hydrogen-bond acceptors (Lipinski definition) is 4. The number of nitrogen functional groups attached to an aromatic ring is 1. The number of H-pyrrole nitrogens is 1. The van der Waals surface area contributed by atoms with Crippen molar-refractivity contribution >= 4 is 17.5 Å². The summed E-state index contributed by atoms with van der Waals surface area (Å²) in [7, 11) is 1.61. The van der Waals surface area contributed by atoms with Crippen molar-refractivity contribution in [2.45, 2.75) is 13.3 Å². The van der Waals surface area contributed by atoms with Crippen LogP contribution < -0.4 is 16.4 Å². The quantitative estimate of drug-likeness (QED) is 0.539. The summed E-state index contributed by atoms with van der Waals surface area (Å²) in [6.45, 7) is 2.34. The molecule has 78 valence electrons. The third-order valence-corrected chi connectivity index (χ3v) is 1.77. The highest BCUT2D eigenvalue weighted by Gasteiger charge is 2.04. The number of aromatic nitrogens is 2. The van der Waals surface area contributed by atoms with Crippen LogP contribution in [0, 0.1) is 6.92 Å². The first kappa shape index (κ1) is 10.4. The highest BCUT2D eigenvalue weighted by Crippen LogP contribution is 2.13. The minimum absolute atomic E-state index is 0.0108. The third-order valence-electron chi connectivity index (χ3n) is 1.77. The van der Waals surface area contributed by atoms with Crippen LogP contribution in [0.1, 0.15) is 12.2 Å². The Kier molecular flexibility index (Phi) is 3.33. The van der Waals surface area contributed by atoms with Gasteiger partial charge in [-0.3, -0.25) is 4.79 Å². The molecular weight excluding hydrogens is 182 g/mol. The number of nitrogens with one attached hydrogen (secondary N) is 3. The molecule has 0 bridgehead atoms. The SMILES string of the molecule is CNC(=O)CCNc1nc(C)[nH]c1N. The molecule has 14 heavy (non-hydrogen) atoms. The maximum atomic E-state index is 10.9. The molecule has 0 fully saturated rings. The van der Waals surface area contributed by atoms with Gasteiger partial charge in [0.25, 0.3) is 0 Å². The van der Waals surface area contributed by atoms with Crippen molar-refractivity contribution in [1.29, 1.82) is 0 Å². The highest BCUT2D eigenvalue weighted by atomic mass is 16.1. The maximum Gasteiger partial charge on any atom is 0.221 e. The highest BCUT2D eigenvalue weighted by molar-refractivity contribution is 5.76. The molecule has 1 amide bonds. The second-order valence-electron chi connectivity index (χ2n) is 2.93. The summed E-state index contributed by atoms with van der Waals surface area (Å²) >= 11 is 0. The number of carbonyl (C=O) groups is 1. The summed E-state index contributed by atoms with van der Waals surface area (Å²) in [5, 5.41) is 5.50. The van der Waals surface area contributed by atoms with Crippen LogP contribution >= 0.6 is 0 Å². The van der Waals surface area contributed by atoms with Gasteiger partial charge in [0.15, 0.2) is 5.82 Å². The lowest BCUT2D eigenvalue weighted by Crippen LogP contribution is -2.21. The van der Waals surface area contributed by atoms with Gasteiger partial charge in [-0.1, -0.05) is 0 Å². The molecule has 0 aliphatic heterocycles. The van der Waals surface area contributed by atoms with Gasteiger partial charge in [-0.2, -0.15) is 0 Å². The van der Waals surface area contributed by atoms with Crippen molar-refractivity contribution in [1.82, 2.24) is 15.3 Å². The second kappa shape index (κ2) is 4.50. The summed E-state index contributed by atoms with van der Waals surface area (Å²) in [5.74, 6) is 1.85. The van der Waals surface area contributed by atoms with Crippen molar-refractivity contribution in [3.63, 3.8) is 0 Å². The van der Waals surface area contributed by atoms with Crippen LogP contribution in [0.25, 0.3) is 0 Å². The Morgan fingerprint density at radius 2 is 2.36 bits per heavy atom. The van der Waals surface area contributed by atoms with Gasteiger partial charge in [0.1, 0.15) is 11.6 Å². The fraction of sp³-hybridized carbons (Fsp3) is 0.500. The fourth-order valence-electron chi connectivity index (χ4n) is 1.06. The topological polar surface area (TPSA) is 95.8 Å². The fourth-order valence-corrected chi connectivity index (χ4v) is 1.06. The van der Waals surface area contributed by atoms with E-state index >= 15 is 0 Å². The third kappa shape index (κ3) is 2.65. The van der Waals surface area contributed by atoms with Crippen molar-refractivity contribution in [2.75, 3.05) is 24.6 Å². The van der Waals surface area contributed by atoms with Gasteiger partial charge in [-0.05, 0) is 6.92 Å². The van der Waals surface area contributed by atoms with Crippen LogP contribution in [0.2, 0.25) is 0 Å². The van der Waals surface area contributed by atoms with Gasteiger partial charge in [-0.25, -0.2) is 4.98 Å². The lowest BCUT2D eigenvalue weighted by Gasteiger charge is -2.02. The Morgan fingerprint density at radius 1 is 1.64 bits per heavy atom. The summed E-state index contributed by atoms with van der Waals surface area (Å²) < 4.78 is 0. The first-order chi connectivity index (χ1) is 6.63. The second-order valence-corrected chi connectivity index (χ2v) is 2.93. The Balaban J connectivity index is 2.38. The van der Waals surface area contributed by atoms with E-state index in [1.807, 2.05) is 6.92 Å². The number of anilines is 2. The predicted octanol–water partition coefficient (Wildman–Crippen LogP) is -0.152. The molecule has 0 unspecified atom stereocenters. The first-order valence-electron chi connectivity index (χ1n) is 4.40. The number of aryl methyl sites for hydroxylation is 1. The molecular formula is C8H15N5O. The van der Waals surface area contributed by atoms with E-state index in [2.05, 4.69) is 20.6 Å². The molecule has 0 aliphatic rings. The Morgan fingerprint density at radius 3 is 2.86 bits per heavy atom. The number of aromatic amines is 1. The minimum atomic E-state index is -0.0108. The van der Waals surface area contributed by atoms with Gasteiger partial charge in [0.2, 0.25) is 5.91 Å². The zero-order valence-electron chi connectivity index (χ0n) is 8.35. The lowest BCUT2D eigenvalue weighted by atomic mass is 10.4. The summed E-state index contributed by atoms with van der Waals surface area (Å²) in [5.41, 5.74) is 5.61. The molecule has 0 aromatic carbocycles. The Labute approximate surface area is 82.3 Å². The van der Waals surface area contributed by atoms with Crippen LogP contribution in [0.3, 0.4) is 0 Å². The van der Waals surface area contributed by atoms with Gasteiger partial charge >= 0.3 is 0 Å². The van der Waals surface area contributed by atoms with Crippen LogP contribution in [-0.4, -0.2) is 29.5 Å². The van der Waals surface area contributed by atoms with Crippen molar-refractivity contribution < 1.29 is 4.79 Å². The summed E-state index contributed by atoms with van der Waals surface area (Å²) in [4.78, 5) is 17.9. The molecule has 0 saturated carbocycles. The Hall–Kier alpha value is -1.72. The van der Waals surface area contributed by atoms with E-state index in [0.29, 0.717) is 24.6 Å². The number of amides is 1. The molecule has 5 N–H and O–H groups in total. The molecule has 6 nitrogen and oxygen atoms in total. The van der Waals surface area contributed by atoms with E-state index in [9.17, 15) is 4.79 Å². The van der Waals surface area contributed by atoms with Gasteiger partial charge < -0.3 is 21.4 Å². The molecule has 1 heterocycles. The van der Waals surface area contributed by atoms with E-state index in [4.69, 9.17) is 5.73 Å². The average Bonchev–Trinajstić information content (AvgIpc) is 2.45. The number of carbonyl (C=O) groups excluding carboxylic acids is 1. The number of imidazole rings is 1. The maximum absolute atomic E-state index is 10.9. The number of nitrogens with zero attached hydrogens (tertiary/aromatic N) is 1. The number of rotatable bonds is 4. The molecule has 1 aromatic rings. The van der Waals surface area contributed by atoms with Crippen LogP contribution in [0.15, 0.2) is 0 Å². The molecule has 0 atom stereocenters. The van der Waals surface area contributed by atoms with E-state index < -0.39 is 0 Å². The molecule has 1 aromatic heterocycles. The lowest BCUT2D eigenvalue weighted by molar-refractivity contribution is -0.120. The van der Waals surface area contributed by atoms with Crippen LogP contribution in [0.5, 0.6) is 0 Å². The van der Waals surface area contributed by atoms with E-state index in [-0.39, 0.29) is 5.91 Å². The van der Waals surface area contributed by atoms with Gasteiger partial charge in [0, 0.05) is 20.0 Å². The summed E-state index contributed by atoms with van der Waals surface area (Å²) in [6.07, 6.45) is 0.405. The molecule has 6 heteroatoms. The minimum Gasteiger partial charge on any atom is -0.382 e. The molecule has 1 rings (SSSR count). The molecule has 0 saturated heterocycles. The van der Waals surface area contributed by atoms with Gasteiger partial charge in [0.05, 0.1) is 0 Å². The van der Waals surface area contributed by atoms with Crippen LogP contribution in [0.4, 0.5) is 11.6 Å². The normalized spacial score (nSPS) is 9.86. The van der Waals surface area contributed by atoms with E-state index in [0.717, 1.165) is 5.82 Å². The monoisotopic (exact) mass is 197 g/mol. The zero-order valence-corrected chi connectivity index (χ0v) is 8.35. The standard InChI is InChI=1S/C8H15N5O/c1-5-12-7(9)8(13-5)11-4-3-6(14)10-2/h11H,3-4,9H2,1-2H3,(H,10,14)(H,12,13). The molecule has 0 aliphatic carbocycles.